The predicted molar refractivity (Wildman–Crippen MR) is 152 cm³/mol. The molecule has 0 aliphatic heterocycles. The van der Waals surface area contributed by atoms with Gasteiger partial charge in [0.1, 0.15) is 5.82 Å². The van der Waals surface area contributed by atoms with Crippen molar-refractivity contribution in [3.8, 4) is 11.1 Å². The summed E-state index contributed by atoms with van der Waals surface area (Å²) in [5.74, 6) is 0.403. The Balaban J connectivity index is 1.65. The number of carbonyl (C=O) groups is 1. The fourth-order valence-corrected chi connectivity index (χ4v) is 5.09. The number of fused-ring (bicyclic) bond motifs is 1. The highest BCUT2D eigenvalue weighted by Crippen LogP contribution is 2.37. The Hall–Kier alpha value is -2.70. The monoisotopic (exact) mass is 624 g/mol. The second kappa shape index (κ2) is 10.1. The first-order valence-corrected chi connectivity index (χ1v) is 13.0. The van der Waals surface area contributed by atoms with Gasteiger partial charge in [0, 0.05) is 36.0 Å². The van der Waals surface area contributed by atoms with Gasteiger partial charge in [-0.05, 0) is 66.2 Å². The summed E-state index contributed by atoms with van der Waals surface area (Å²) in [6.45, 7) is 0. The van der Waals surface area contributed by atoms with Gasteiger partial charge < -0.3 is 5.32 Å². The number of hydrogen-bond donors (Lipinski definition) is 1. The highest BCUT2D eigenvalue weighted by atomic mass is 79.9. The summed E-state index contributed by atoms with van der Waals surface area (Å²) in [5.41, 5.74) is 4.15. The van der Waals surface area contributed by atoms with E-state index in [-0.39, 0.29) is 5.78 Å². The van der Waals surface area contributed by atoms with Crippen molar-refractivity contribution in [1.82, 2.24) is 4.98 Å². The van der Waals surface area contributed by atoms with E-state index in [1.807, 2.05) is 60.7 Å². The van der Waals surface area contributed by atoms with Gasteiger partial charge in [0.25, 0.3) is 0 Å². The van der Waals surface area contributed by atoms with Crippen molar-refractivity contribution in [3.05, 3.63) is 121 Å². The zero-order valence-electron chi connectivity index (χ0n) is 18.0. The molecule has 3 nitrogen and oxygen atoms in total. The lowest BCUT2D eigenvalue weighted by atomic mass is 10.00. The third kappa shape index (κ3) is 5.00. The molecular formula is C28H16Br2Cl2N2O. The number of rotatable bonds is 5. The Morgan fingerprint density at radius 2 is 1.40 bits per heavy atom. The normalized spacial score (nSPS) is 11.0. The van der Waals surface area contributed by atoms with E-state index in [1.165, 1.54) is 0 Å². The Morgan fingerprint density at radius 1 is 0.714 bits per heavy atom. The first kappa shape index (κ1) is 24.0. The molecule has 0 amide bonds. The van der Waals surface area contributed by atoms with Gasteiger partial charge in [0.2, 0.25) is 0 Å². The quantitative estimate of drug-likeness (QED) is 0.198. The van der Waals surface area contributed by atoms with Crippen molar-refractivity contribution in [1.29, 1.82) is 0 Å². The third-order valence-corrected chi connectivity index (χ3v) is 7.19. The fourth-order valence-electron chi connectivity index (χ4n) is 3.91. The van der Waals surface area contributed by atoms with Crippen LogP contribution >= 0.6 is 55.1 Å². The van der Waals surface area contributed by atoms with Gasteiger partial charge in [-0.15, -0.1) is 0 Å². The first-order valence-electron chi connectivity index (χ1n) is 10.6. The second-order valence-electron chi connectivity index (χ2n) is 7.82. The zero-order chi connectivity index (χ0) is 24.5. The van der Waals surface area contributed by atoms with Crippen molar-refractivity contribution in [2.24, 2.45) is 0 Å². The average Bonchev–Trinajstić information content (AvgIpc) is 2.85. The molecule has 1 N–H and O–H groups in total. The molecule has 0 aliphatic rings. The van der Waals surface area contributed by atoms with E-state index in [9.17, 15) is 4.79 Å². The number of anilines is 2. The minimum Gasteiger partial charge on any atom is -0.340 e. The maximum absolute atomic E-state index is 13.4. The number of nitrogens with zero attached hydrogens (tertiary/aromatic N) is 1. The van der Waals surface area contributed by atoms with Gasteiger partial charge in [-0.2, -0.15) is 0 Å². The van der Waals surface area contributed by atoms with Gasteiger partial charge >= 0.3 is 0 Å². The summed E-state index contributed by atoms with van der Waals surface area (Å²) in [4.78, 5) is 18.2. The van der Waals surface area contributed by atoms with Crippen LogP contribution in [0.15, 0.2) is 99.9 Å². The third-order valence-electron chi connectivity index (χ3n) is 5.54. The molecule has 0 atom stereocenters. The zero-order valence-corrected chi connectivity index (χ0v) is 22.7. The molecular weight excluding hydrogens is 611 g/mol. The Bertz CT molecular complexity index is 1600. The van der Waals surface area contributed by atoms with E-state index < -0.39 is 0 Å². The summed E-state index contributed by atoms with van der Waals surface area (Å²) >= 11 is 19.9. The van der Waals surface area contributed by atoms with Crippen LogP contribution in [0.5, 0.6) is 0 Å². The van der Waals surface area contributed by atoms with Crippen molar-refractivity contribution < 1.29 is 4.79 Å². The topological polar surface area (TPSA) is 42.0 Å². The van der Waals surface area contributed by atoms with E-state index in [0.717, 1.165) is 31.0 Å². The van der Waals surface area contributed by atoms with Crippen LogP contribution < -0.4 is 5.32 Å². The minimum atomic E-state index is -0.185. The van der Waals surface area contributed by atoms with E-state index in [2.05, 4.69) is 37.2 Å². The summed E-state index contributed by atoms with van der Waals surface area (Å²) in [6, 6.07) is 28.1. The lowest BCUT2D eigenvalue weighted by Crippen LogP contribution is -2.07. The molecule has 0 fully saturated rings. The molecule has 0 spiro atoms. The summed E-state index contributed by atoms with van der Waals surface area (Å²) in [7, 11) is 0. The van der Waals surface area contributed by atoms with Gasteiger partial charge in [-0.3, -0.25) is 4.79 Å². The molecule has 0 bridgehead atoms. The van der Waals surface area contributed by atoms with E-state index in [0.29, 0.717) is 32.7 Å². The molecule has 1 aromatic heterocycles. The molecule has 5 aromatic rings. The smallest absolute Gasteiger partial charge is 0.196 e. The molecule has 4 aromatic carbocycles. The van der Waals surface area contributed by atoms with Crippen LogP contribution in [-0.2, 0) is 0 Å². The van der Waals surface area contributed by atoms with Crippen LogP contribution in [0.1, 0.15) is 15.9 Å². The molecule has 0 unspecified atom stereocenters. The van der Waals surface area contributed by atoms with Crippen LogP contribution in [0.2, 0.25) is 10.0 Å². The van der Waals surface area contributed by atoms with Crippen molar-refractivity contribution in [3.63, 3.8) is 0 Å². The van der Waals surface area contributed by atoms with Crippen LogP contribution in [-0.4, -0.2) is 10.8 Å². The fraction of sp³-hybridized carbons (Fsp3) is 0. The predicted octanol–water partition coefficient (Wildman–Crippen LogP) is 9.71. The molecule has 0 radical (unpaired) electrons. The molecule has 7 heteroatoms. The Labute approximate surface area is 229 Å². The van der Waals surface area contributed by atoms with Crippen LogP contribution in [0, 0.1) is 0 Å². The Morgan fingerprint density at radius 3 is 2.17 bits per heavy atom. The van der Waals surface area contributed by atoms with Gasteiger partial charge in [0.15, 0.2) is 5.78 Å². The SMILES string of the molecule is O=C(c1ccccc1Cl)c1cc(Br)ccc1Nc1cc(-c2ccccc2Cl)c2cc(Br)ccc2n1. The van der Waals surface area contributed by atoms with Crippen LogP contribution in [0.25, 0.3) is 22.0 Å². The first-order chi connectivity index (χ1) is 16.9. The van der Waals surface area contributed by atoms with E-state index >= 15 is 0 Å². The molecule has 1 heterocycles. The minimum absolute atomic E-state index is 0.185. The number of halogens is 4. The van der Waals surface area contributed by atoms with Gasteiger partial charge in [0.05, 0.1) is 16.2 Å². The molecule has 5 rings (SSSR count). The van der Waals surface area contributed by atoms with Gasteiger partial charge in [-0.1, -0.05) is 85.4 Å². The van der Waals surface area contributed by atoms with Crippen molar-refractivity contribution in [2.45, 2.75) is 0 Å². The average molecular weight is 627 g/mol. The summed E-state index contributed by atoms with van der Waals surface area (Å²) in [6.07, 6.45) is 0. The largest absolute Gasteiger partial charge is 0.340 e. The highest BCUT2D eigenvalue weighted by Gasteiger charge is 2.18. The summed E-state index contributed by atoms with van der Waals surface area (Å²) < 4.78 is 1.73. The number of nitrogens with one attached hydrogen (secondary N) is 1. The standard InChI is InChI=1S/C28H16Br2Cl2N2O/c29-16-9-11-25-21(13-16)20(18-5-1-3-7-23(18)31)15-27(33-25)34-26-12-10-17(30)14-22(26)28(35)19-6-2-4-8-24(19)32/h1-15H,(H,33,34). The van der Waals surface area contributed by atoms with Gasteiger partial charge in [-0.25, -0.2) is 4.98 Å². The second-order valence-corrected chi connectivity index (χ2v) is 10.5. The van der Waals surface area contributed by atoms with Crippen LogP contribution in [0.3, 0.4) is 0 Å². The van der Waals surface area contributed by atoms with Crippen molar-refractivity contribution in [2.75, 3.05) is 5.32 Å². The molecule has 172 valence electrons. The number of carbonyl (C=O) groups excluding carboxylic acids is 1. The van der Waals surface area contributed by atoms with Crippen molar-refractivity contribution >= 4 is 83.3 Å². The lowest BCUT2D eigenvalue weighted by molar-refractivity contribution is 0.103. The number of pyridine rings is 1. The number of aromatic nitrogens is 1. The van der Waals surface area contributed by atoms with Crippen LogP contribution in [0.4, 0.5) is 11.5 Å². The van der Waals surface area contributed by atoms with E-state index in [4.69, 9.17) is 28.2 Å². The highest BCUT2D eigenvalue weighted by molar-refractivity contribution is 9.10. The molecule has 0 saturated heterocycles. The Kier molecular flexibility index (Phi) is 6.94. The number of benzene rings is 4. The molecule has 35 heavy (non-hydrogen) atoms. The maximum atomic E-state index is 13.4. The van der Waals surface area contributed by atoms with E-state index in [1.54, 1.807) is 30.3 Å². The molecule has 0 saturated carbocycles. The summed E-state index contributed by atoms with van der Waals surface area (Å²) in [5, 5.41) is 5.36. The number of ketones is 1. The molecule has 0 aliphatic carbocycles. The maximum Gasteiger partial charge on any atom is 0.196 e. The lowest BCUT2D eigenvalue weighted by Gasteiger charge is -2.15. The number of hydrogen-bond acceptors (Lipinski definition) is 3.